The number of hydrogen-bond acceptors (Lipinski definition) is 11. The van der Waals surface area contributed by atoms with Gasteiger partial charge in [-0.3, -0.25) is 44.3 Å². The quantitative estimate of drug-likeness (QED) is 0.0129. The zero-order valence-electron chi connectivity index (χ0n) is 38.1. The number of anilines is 1. The van der Waals surface area contributed by atoms with Crippen molar-refractivity contribution in [3.8, 4) is 0 Å². The summed E-state index contributed by atoms with van der Waals surface area (Å²) >= 11 is 14.3. The van der Waals surface area contributed by atoms with Crippen LogP contribution in [0.2, 0.25) is 10.0 Å². The number of hydrogen-bond donors (Lipinski definition) is 6. The number of thioether (sulfide) groups is 1. The third-order valence-corrected chi connectivity index (χ3v) is 16.5. The molecular weight excluding hydrogens is 1010 g/mol. The number of aromatic nitrogens is 2. The summed E-state index contributed by atoms with van der Waals surface area (Å²) in [4.78, 5) is 75.7. The van der Waals surface area contributed by atoms with Crippen LogP contribution in [0, 0.1) is 11.8 Å². The maximum atomic E-state index is 13.6. The summed E-state index contributed by atoms with van der Waals surface area (Å²) < 4.78 is 42.1. The number of hydrazine groups is 1. The Hall–Kier alpha value is -4.89. The van der Waals surface area contributed by atoms with Gasteiger partial charge in [0.25, 0.3) is 11.8 Å². The number of carbonyl (C=O) groups is 6. The van der Waals surface area contributed by atoms with Crippen LogP contribution in [0.25, 0.3) is 17.0 Å². The number of alkyl halides is 3. The number of nitrogens with zero attached hydrogens (tertiary/aromatic N) is 2. The highest BCUT2D eigenvalue weighted by molar-refractivity contribution is 8.76. The van der Waals surface area contributed by atoms with Crippen LogP contribution >= 0.6 is 56.6 Å². The summed E-state index contributed by atoms with van der Waals surface area (Å²) in [7, 11) is 2.82. The number of amides is 5. The van der Waals surface area contributed by atoms with Gasteiger partial charge in [0.15, 0.2) is 0 Å². The van der Waals surface area contributed by atoms with E-state index in [0.717, 1.165) is 49.6 Å². The van der Waals surface area contributed by atoms with Gasteiger partial charge in [-0.1, -0.05) is 57.3 Å². The minimum atomic E-state index is -4.60. The molecule has 1 saturated heterocycles. The van der Waals surface area contributed by atoms with E-state index >= 15 is 0 Å². The molecule has 2 aliphatic rings. The number of halogens is 5. The van der Waals surface area contributed by atoms with Gasteiger partial charge in [0, 0.05) is 88.3 Å². The minimum Gasteiger partial charge on any atom is -0.399 e. The first-order valence-corrected chi connectivity index (χ1v) is 27.2. The predicted molar refractivity (Wildman–Crippen MR) is 273 cm³/mol. The van der Waals surface area contributed by atoms with E-state index in [1.807, 2.05) is 11.8 Å². The summed E-state index contributed by atoms with van der Waals surface area (Å²) in [6.07, 6.45) is 4.09. The van der Waals surface area contributed by atoms with Crippen LogP contribution in [0.4, 0.5) is 18.9 Å². The van der Waals surface area contributed by atoms with Gasteiger partial charge >= 0.3 is 6.18 Å². The molecule has 4 aromatic rings. The molecule has 6 rings (SSSR count). The third kappa shape index (κ3) is 16.6. The zero-order chi connectivity index (χ0) is 50.2. The Morgan fingerprint density at radius 2 is 1.67 bits per heavy atom. The molecule has 376 valence electrons. The highest BCUT2D eigenvalue weighted by Gasteiger charge is 2.42. The molecule has 5 amide bonds. The van der Waals surface area contributed by atoms with Crippen molar-refractivity contribution in [1.29, 1.82) is 0 Å². The molecule has 22 heteroatoms. The molecule has 3 aromatic carbocycles. The van der Waals surface area contributed by atoms with E-state index in [9.17, 15) is 41.9 Å². The van der Waals surface area contributed by atoms with E-state index in [4.69, 9.17) is 28.9 Å². The van der Waals surface area contributed by atoms with Gasteiger partial charge in [0.2, 0.25) is 17.7 Å². The summed E-state index contributed by atoms with van der Waals surface area (Å²) in [6.45, 7) is 0.771. The Kier molecular flexibility index (Phi) is 20.6. The second kappa shape index (κ2) is 26.5. The minimum absolute atomic E-state index is 0.0150. The average molecular weight is 1060 g/mol. The van der Waals surface area contributed by atoms with Crippen molar-refractivity contribution in [2.75, 3.05) is 36.1 Å². The number of nitrogens with one attached hydrogen (secondary N) is 5. The molecule has 1 saturated carbocycles. The lowest BCUT2D eigenvalue weighted by Gasteiger charge is -2.19. The van der Waals surface area contributed by atoms with Crippen molar-refractivity contribution in [2.24, 2.45) is 11.8 Å². The van der Waals surface area contributed by atoms with Crippen LogP contribution < -0.4 is 32.5 Å². The lowest BCUT2D eigenvalue weighted by molar-refractivity contribution is -0.137. The Labute approximate surface area is 426 Å². The smallest absolute Gasteiger partial charge is 0.399 e. The molecule has 1 aromatic heterocycles. The normalized spacial score (nSPS) is 17.1. The van der Waals surface area contributed by atoms with Crippen molar-refractivity contribution in [3.05, 3.63) is 99.2 Å². The molecule has 4 atom stereocenters. The number of benzene rings is 3. The average Bonchev–Trinajstić information content (AvgIpc) is 4.00. The van der Waals surface area contributed by atoms with E-state index in [1.165, 1.54) is 44.5 Å². The first kappa shape index (κ1) is 54.4. The lowest BCUT2D eigenvalue weighted by atomic mass is 9.92. The van der Waals surface area contributed by atoms with Crippen LogP contribution in [0.1, 0.15) is 91.4 Å². The summed E-state index contributed by atoms with van der Waals surface area (Å²) in [5.41, 5.74) is 11.3. The Morgan fingerprint density at radius 1 is 0.886 bits per heavy atom. The topological polar surface area (TPSA) is 206 Å². The van der Waals surface area contributed by atoms with E-state index in [1.54, 1.807) is 36.4 Å². The predicted octanol–water partition coefficient (Wildman–Crippen LogP) is 8.40. The van der Waals surface area contributed by atoms with Gasteiger partial charge in [-0.2, -0.15) is 30.0 Å². The maximum Gasteiger partial charge on any atom is 0.416 e. The molecule has 14 nitrogen and oxygen atoms in total. The van der Waals surface area contributed by atoms with Gasteiger partial charge in [-0.15, -0.1) is 0 Å². The van der Waals surface area contributed by atoms with E-state index in [0.29, 0.717) is 112 Å². The highest BCUT2D eigenvalue weighted by Crippen LogP contribution is 2.47. The second-order valence-electron chi connectivity index (χ2n) is 17.0. The fourth-order valence-electron chi connectivity index (χ4n) is 8.22. The summed E-state index contributed by atoms with van der Waals surface area (Å²) in [6, 6.07) is 13.5. The monoisotopic (exact) mass is 1060 g/mol. The van der Waals surface area contributed by atoms with Crippen LogP contribution in [0.15, 0.2) is 66.7 Å². The number of unbranched alkanes of at least 4 members (excludes halogenated alkanes) is 2. The number of Topliss-reactive ketones (excluding diaryl/α,β-unsaturated/α-hetero) is 1. The van der Waals surface area contributed by atoms with Crippen molar-refractivity contribution in [2.45, 2.75) is 88.2 Å². The molecule has 0 radical (unpaired) electrons. The lowest BCUT2D eigenvalue weighted by Crippen LogP contribution is -2.47. The SMILES string of the molecule is Nc1ccc(C(=O)NC(CCCCNC(=O)CCCC[C@@H]2SC[C@@H]3CC(=O)C[C@@H]32)C(=O)NCCSSCCC(=O)NNC(=O)/C=C/c2nn(Cc3ccc(Cl)cc3Cl)c3cc(C(F)(F)F)ccc23)cc1. The van der Waals surface area contributed by atoms with Gasteiger partial charge in [0.05, 0.1) is 23.3 Å². The van der Waals surface area contributed by atoms with Crippen molar-refractivity contribution < 1.29 is 41.9 Å². The Morgan fingerprint density at radius 3 is 2.44 bits per heavy atom. The molecule has 7 N–H and O–H groups in total. The molecule has 2 fully saturated rings. The number of fused-ring (bicyclic) bond motifs is 2. The van der Waals surface area contributed by atoms with Crippen LogP contribution in [-0.4, -0.2) is 86.7 Å². The molecule has 1 aliphatic heterocycles. The van der Waals surface area contributed by atoms with Gasteiger partial charge < -0.3 is 21.7 Å². The van der Waals surface area contributed by atoms with Crippen molar-refractivity contribution in [3.63, 3.8) is 0 Å². The van der Waals surface area contributed by atoms with Gasteiger partial charge in [-0.25, -0.2) is 0 Å². The highest BCUT2D eigenvalue weighted by atomic mass is 35.5. The van der Waals surface area contributed by atoms with Crippen LogP contribution in [-0.2, 0) is 36.7 Å². The fourth-order valence-corrected chi connectivity index (χ4v) is 12.3. The standard InChI is InChI=1S/C48H55Cl2F3N8O6S3/c49-33-12-8-30(38(50)25-33)27-61-41-24-32(48(51,52)53)11-15-36(41)39(60-61)16-17-44(64)58-59-45(65)18-21-69-70-22-20-56-47(67)40(57-46(66)29-9-13-34(54)14-10-29)5-3-4-19-55-43(63)7-2-1-6-42-37-26-35(62)23-31(37)28-68-42/h8-17,24-25,31,37,40,42H,1-7,18-23,26-28,54H2,(H,55,63)(H,56,67)(H,57,66)(H,58,64)(H,59,65)/b17-16+/t31-,37-,40?,42-/m0/s1. The van der Waals surface area contributed by atoms with Crippen molar-refractivity contribution in [1.82, 2.24) is 36.6 Å². The summed E-state index contributed by atoms with van der Waals surface area (Å²) in [5.74, 6) is 1.44. The molecule has 0 bridgehead atoms. The molecule has 1 unspecified atom stereocenters. The molecule has 0 spiro atoms. The zero-order valence-corrected chi connectivity index (χ0v) is 42.0. The number of nitrogen functional groups attached to an aromatic ring is 1. The molecular formula is C48H55Cl2F3N8O6S3. The number of nitrogens with two attached hydrogens (primary N) is 1. The Bertz CT molecular complexity index is 2530. The van der Waals surface area contributed by atoms with E-state index < -0.39 is 35.5 Å². The van der Waals surface area contributed by atoms with E-state index in [2.05, 4.69) is 31.9 Å². The fraction of sp³-hybridized carbons (Fsp3) is 0.438. The maximum absolute atomic E-state index is 13.6. The first-order chi connectivity index (χ1) is 33.5. The number of ketones is 1. The Balaban J connectivity index is 0.870. The molecule has 70 heavy (non-hydrogen) atoms. The second-order valence-corrected chi connectivity index (χ2v) is 21.9. The first-order valence-electron chi connectivity index (χ1n) is 22.9. The molecule has 2 heterocycles. The number of carbonyl (C=O) groups excluding carboxylic acids is 6. The largest absolute Gasteiger partial charge is 0.416 e. The van der Waals surface area contributed by atoms with Crippen LogP contribution in [0.3, 0.4) is 0 Å². The van der Waals surface area contributed by atoms with E-state index in [-0.39, 0.29) is 36.0 Å². The van der Waals surface area contributed by atoms with Crippen LogP contribution in [0.5, 0.6) is 0 Å². The van der Waals surface area contributed by atoms with Crippen molar-refractivity contribution >= 4 is 115 Å². The van der Waals surface area contributed by atoms with Gasteiger partial charge in [0.1, 0.15) is 11.8 Å². The molecule has 1 aliphatic carbocycles. The van der Waals surface area contributed by atoms with Gasteiger partial charge in [-0.05, 0) is 116 Å². The third-order valence-electron chi connectivity index (χ3n) is 11.9. The summed E-state index contributed by atoms with van der Waals surface area (Å²) in [5, 5.41) is 14.7. The number of rotatable bonds is 24.